The van der Waals surface area contributed by atoms with Gasteiger partial charge < -0.3 is 10.4 Å². The predicted molar refractivity (Wildman–Crippen MR) is 72.3 cm³/mol. The molecular weight excluding hydrogens is 226 g/mol. The topological polar surface area (TPSA) is 49.3 Å². The molecular formula is C15H19NO2. The van der Waals surface area contributed by atoms with Gasteiger partial charge in [0.2, 0.25) is 5.91 Å². The highest BCUT2D eigenvalue weighted by atomic mass is 16.2. The van der Waals surface area contributed by atoms with Gasteiger partial charge >= 0.3 is 0 Å². The van der Waals surface area contributed by atoms with Crippen LogP contribution in [0.2, 0.25) is 0 Å². The van der Waals surface area contributed by atoms with E-state index in [4.69, 9.17) is 5.11 Å². The number of amides is 1. The fourth-order valence-corrected chi connectivity index (χ4v) is 2.16. The Labute approximate surface area is 108 Å². The molecule has 0 aliphatic heterocycles. The van der Waals surface area contributed by atoms with E-state index < -0.39 is 0 Å². The van der Waals surface area contributed by atoms with Gasteiger partial charge in [0.05, 0.1) is 0 Å². The third-order valence-corrected chi connectivity index (χ3v) is 3.26. The summed E-state index contributed by atoms with van der Waals surface area (Å²) in [6.45, 7) is 0.153. The molecule has 0 bridgehead atoms. The number of hydrogen-bond acceptors (Lipinski definition) is 2. The molecule has 0 saturated carbocycles. The molecule has 1 unspecified atom stereocenters. The molecule has 2 rings (SSSR count). The van der Waals surface area contributed by atoms with Crippen LogP contribution in [0.3, 0.4) is 0 Å². The summed E-state index contributed by atoms with van der Waals surface area (Å²) in [5.74, 6) is 0.210. The van der Waals surface area contributed by atoms with Gasteiger partial charge in [-0.25, -0.2) is 0 Å². The summed E-state index contributed by atoms with van der Waals surface area (Å²) in [4.78, 5) is 12.0. The lowest BCUT2D eigenvalue weighted by Gasteiger charge is -2.17. The zero-order valence-electron chi connectivity index (χ0n) is 10.4. The fourth-order valence-electron chi connectivity index (χ4n) is 2.16. The number of hydrogen-bond donors (Lipinski definition) is 2. The van der Waals surface area contributed by atoms with Crippen molar-refractivity contribution in [2.75, 3.05) is 11.9 Å². The molecule has 0 radical (unpaired) electrons. The zero-order valence-corrected chi connectivity index (χ0v) is 10.4. The summed E-state index contributed by atoms with van der Waals surface area (Å²) < 4.78 is 0. The summed E-state index contributed by atoms with van der Waals surface area (Å²) in [6.07, 6.45) is 7.64. The van der Waals surface area contributed by atoms with Crippen molar-refractivity contribution in [1.29, 1.82) is 0 Å². The van der Waals surface area contributed by atoms with Crippen molar-refractivity contribution < 1.29 is 9.90 Å². The number of carbonyl (C=O) groups excluding carboxylic acids is 1. The van der Waals surface area contributed by atoms with Crippen molar-refractivity contribution in [1.82, 2.24) is 0 Å². The molecule has 1 aliphatic rings. The van der Waals surface area contributed by atoms with Crippen LogP contribution < -0.4 is 5.32 Å². The number of aliphatic hydroxyl groups is 1. The number of benzene rings is 1. The molecule has 0 fully saturated rings. The van der Waals surface area contributed by atoms with Gasteiger partial charge in [-0.1, -0.05) is 24.3 Å². The Morgan fingerprint density at radius 2 is 2.06 bits per heavy atom. The fraction of sp³-hybridized carbons (Fsp3) is 0.400. The lowest BCUT2D eigenvalue weighted by Crippen LogP contribution is -2.23. The molecule has 3 nitrogen and oxygen atoms in total. The molecule has 0 spiro atoms. The third-order valence-electron chi connectivity index (χ3n) is 3.26. The zero-order chi connectivity index (χ0) is 12.8. The van der Waals surface area contributed by atoms with Crippen LogP contribution in [-0.2, 0) is 11.2 Å². The molecule has 2 N–H and O–H groups in total. The third kappa shape index (κ3) is 3.44. The molecule has 1 aromatic rings. The first-order chi connectivity index (χ1) is 8.79. The van der Waals surface area contributed by atoms with E-state index in [-0.39, 0.29) is 18.4 Å². The number of carbonyl (C=O) groups is 1. The number of rotatable bonds is 4. The minimum Gasteiger partial charge on any atom is -0.396 e. The number of anilines is 1. The van der Waals surface area contributed by atoms with Crippen molar-refractivity contribution in [3.8, 4) is 0 Å². The van der Waals surface area contributed by atoms with Crippen molar-refractivity contribution in [3.05, 3.63) is 42.0 Å². The molecule has 96 valence electrons. The maximum atomic E-state index is 12.0. The number of allylic oxidation sites excluding steroid dienone is 2. The van der Waals surface area contributed by atoms with Crippen LogP contribution in [0, 0.1) is 5.92 Å². The van der Waals surface area contributed by atoms with E-state index >= 15 is 0 Å². The van der Waals surface area contributed by atoms with Crippen LogP contribution in [0.15, 0.2) is 36.4 Å². The van der Waals surface area contributed by atoms with E-state index in [0.29, 0.717) is 6.42 Å². The minimum absolute atomic E-state index is 0.104. The summed E-state index contributed by atoms with van der Waals surface area (Å²) in [5.41, 5.74) is 1.91. The van der Waals surface area contributed by atoms with Gasteiger partial charge in [0.1, 0.15) is 0 Å². The summed E-state index contributed by atoms with van der Waals surface area (Å²) in [5, 5.41) is 11.8. The first kappa shape index (κ1) is 12.8. The van der Waals surface area contributed by atoms with Gasteiger partial charge in [0.25, 0.3) is 0 Å². The Hall–Kier alpha value is -1.61. The van der Waals surface area contributed by atoms with E-state index in [9.17, 15) is 4.79 Å². The summed E-state index contributed by atoms with van der Waals surface area (Å²) in [7, 11) is 0. The Kier molecular flexibility index (Phi) is 4.53. The van der Waals surface area contributed by atoms with Crippen LogP contribution in [0.4, 0.5) is 5.69 Å². The maximum absolute atomic E-state index is 12.0. The van der Waals surface area contributed by atoms with Gasteiger partial charge in [-0.3, -0.25) is 4.79 Å². The maximum Gasteiger partial charge on any atom is 0.227 e. The standard InChI is InChI=1S/C15H19NO2/c17-11-10-12-6-8-14(9-7-12)16-15(18)13-4-2-1-3-5-13/h1-2,6-9,13,17H,3-5,10-11H2,(H,16,18). The van der Waals surface area contributed by atoms with E-state index in [1.807, 2.05) is 24.3 Å². The normalized spacial score (nSPS) is 18.6. The van der Waals surface area contributed by atoms with Crippen LogP contribution >= 0.6 is 0 Å². The first-order valence-electron chi connectivity index (χ1n) is 6.45. The molecule has 0 heterocycles. The summed E-state index contributed by atoms with van der Waals surface area (Å²) >= 11 is 0. The van der Waals surface area contributed by atoms with Crippen molar-refractivity contribution in [3.63, 3.8) is 0 Å². The lowest BCUT2D eigenvalue weighted by molar-refractivity contribution is -0.120. The monoisotopic (exact) mass is 245 g/mol. The molecule has 1 aromatic carbocycles. The van der Waals surface area contributed by atoms with E-state index in [1.165, 1.54) is 0 Å². The second-order valence-electron chi connectivity index (χ2n) is 4.64. The van der Waals surface area contributed by atoms with Gasteiger partial charge in [-0.15, -0.1) is 0 Å². The van der Waals surface area contributed by atoms with E-state index in [2.05, 4.69) is 17.5 Å². The van der Waals surface area contributed by atoms with Crippen LogP contribution in [0.1, 0.15) is 24.8 Å². The summed E-state index contributed by atoms with van der Waals surface area (Å²) in [6, 6.07) is 7.66. The minimum atomic E-state index is 0.104. The molecule has 1 amide bonds. The first-order valence-corrected chi connectivity index (χ1v) is 6.45. The average Bonchev–Trinajstić information content (AvgIpc) is 2.42. The predicted octanol–water partition coefficient (Wildman–Crippen LogP) is 2.52. The van der Waals surface area contributed by atoms with Gasteiger partial charge in [-0.05, 0) is 43.4 Å². The number of nitrogens with one attached hydrogen (secondary N) is 1. The van der Waals surface area contributed by atoms with E-state index in [1.54, 1.807) is 0 Å². The molecule has 3 heteroatoms. The van der Waals surface area contributed by atoms with Crippen LogP contribution in [-0.4, -0.2) is 17.6 Å². The van der Waals surface area contributed by atoms with Gasteiger partial charge in [-0.2, -0.15) is 0 Å². The second-order valence-corrected chi connectivity index (χ2v) is 4.64. The smallest absolute Gasteiger partial charge is 0.227 e. The highest BCUT2D eigenvalue weighted by molar-refractivity contribution is 5.92. The largest absolute Gasteiger partial charge is 0.396 e. The van der Waals surface area contributed by atoms with Crippen molar-refractivity contribution >= 4 is 11.6 Å². The Morgan fingerprint density at radius 3 is 2.67 bits per heavy atom. The average molecular weight is 245 g/mol. The second kappa shape index (κ2) is 6.36. The molecule has 1 atom stereocenters. The van der Waals surface area contributed by atoms with E-state index in [0.717, 1.165) is 30.5 Å². The van der Waals surface area contributed by atoms with Crippen LogP contribution in [0.25, 0.3) is 0 Å². The SMILES string of the molecule is O=C(Nc1ccc(CCO)cc1)C1CC=CCC1. The van der Waals surface area contributed by atoms with Crippen molar-refractivity contribution in [2.24, 2.45) is 5.92 Å². The van der Waals surface area contributed by atoms with Gasteiger partial charge in [0.15, 0.2) is 0 Å². The Balaban J connectivity index is 1.92. The highest BCUT2D eigenvalue weighted by Gasteiger charge is 2.18. The Morgan fingerprint density at radius 1 is 1.28 bits per heavy atom. The highest BCUT2D eigenvalue weighted by Crippen LogP contribution is 2.20. The van der Waals surface area contributed by atoms with Gasteiger partial charge in [0, 0.05) is 18.2 Å². The molecule has 1 aliphatic carbocycles. The number of aliphatic hydroxyl groups excluding tert-OH is 1. The molecule has 0 saturated heterocycles. The van der Waals surface area contributed by atoms with Crippen molar-refractivity contribution in [2.45, 2.75) is 25.7 Å². The molecule has 0 aromatic heterocycles. The van der Waals surface area contributed by atoms with Crippen LogP contribution in [0.5, 0.6) is 0 Å². The quantitative estimate of drug-likeness (QED) is 0.801. The lowest BCUT2D eigenvalue weighted by atomic mass is 9.93. The Bertz CT molecular complexity index is 423. The molecule has 18 heavy (non-hydrogen) atoms.